The molecule has 1 aromatic heterocycles. The molecule has 1 saturated heterocycles. The maximum absolute atomic E-state index is 5.70. The number of nitrogens with zero attached hydrogens (tertiary/aromatic N) is 2. The minimum Gasteiger partial charge on any atom is -0.376 e. The lowest BCUT2D eigenvalue weighted by molar-refractivity contribution is 0.0247. The molecule has 0 spiro atoms. The Kier molecular flexibility index (Phi) is 5.85. The van der Waals surface area contributed by atoms with Crippen molar-refractivity contribution in [3.05, 3.63) is 10.8 Å². The molecular weight excluding hydrogens is 308 g/mol. The van der Waals surface area contributed by atoms with Gasteiger partial charge in [0.25, 0.3) is 0 Å². The van der Waals surface area contributed by atoms with Crippen molar-refractivity contribution < 1.29 is 4.74 Å². The van der Waals surface area contributed by atoms with Crippen molar-refractivity contribution in [1.82, 2.24) is 9.97 Å². The third-order valence-electron chi connectivity index (χ3n) is 3.10. The number of rotatable bonds is 6. The number of ether oxygens (including phenoxy) is 1. The van der Waals surface area contributed by atoms with E-state index in [1.807, 2.05) is 0 Å². The second kappa shape index (κ2) is 7.65. The molecule has 1 fully saturated rings. The summed E-state index contributed by atoms with van der Waals surface area (Å²) in [5.74, 6) is 1.66. The summed E-state index contributed by atoms with van der Waals surface area (Å²) in [6.07, 6.45) is 6.49. The summed E-state index contributed by atoms with van der Waals surface area (Å²) in [7, 11) is 0. The lowest BCUT2D eigenvalue weighted by Gasteiger charge is -2.23. The van der Waals surface area contributed by atoms with E-state index in [0.29, 0.717) is 6.10 Å². The Balaban J connectivity index is 1.91. The maximum Gasteiger partial charge on any atom is 0.146 e. The van der Waals surface area contributed by atoms with E-state index in [1.165, 1.54) is 12.8 Å². The summed E-state index contributed by atoms with van der Waals surface area (Å²) in [5.41, 5.74) is 0. The first-order valence-electron chi connectivity index (χ1n) is 6.91. The largest absolute Gasteiger partial charge is 0.376 e. The highest BCUT2D eigenvalue weighted by molar-refractivity contribution is 9.10. The van der Waals surface area contributed by atoms with E-state index < -0.39 is 0 Å². The van der Waals surface area contributed by atoms with Gasteiger partial charge in [0, 0.05) is 19.7 Å². The van der Waals surface area contributed by atoms with Gasteiger partial charge in [-0.15, -0.1) is 0 Å². The summed E-state index contributed by atoms with van der Waals surface area (Å²) < 4.78 is 6.59. The third-order valence-corrected chi connectivity index (χ3v) is 3.85. The lowest BCUT2D eigenvalue weighted by Crippen LogP contribution is -2.27. The molecule has 0 bridgehead atoms. The van der Waals surface area contributed by atoms with Crippen molar-refractivity contribution in [2.75, 3.05) is 30.3 Å². The van der Waals surface area contributed by atoms with E-state index in [9.17, 15) is 0 Å². The average molecular weight is 329 g/mol. The number of anilines is 2. The Hall–Kier alpha value is -0.880. The summed E-state index contributed by atoms with van der Waals surface area (Å²) in [4.78, 5) is 8.50. The van der Waals surface area contributed by atoms with Crippen LogP contribution in [0.1, 0.15) is 32.6 Å². The number of hydrogen-bond donors (Lipinski definition) is 2. The van der Waals surface area contributed by atoms with Gasteiger partial charge in [-0.3, -0.25) is 0 Å². The van der Waals surface area contributed by atoms with Crippen molar-refractivity contribution >= 4 is 27.6 Å². The van der Waals surface area contributed by atoms with Crippen molar-refractivity contribution in [3.8, 4) is 0 Å². The molecule has 0 aromatic carbocycles. The molecule has 6 heteroatoms. The van der Waals surface area contributed by atoms with Crippen molar-refractivity contribution in [1.29, 1.82) is 0 Å². The van der Waals surface area contributed by atoms with E-state index >= 15 is 0 Å². The quantitative estimate of drug-likeness (QED) is 0.840. The van der Waals surface area contributed by atoms with Gasteiger partial charge < -0.3 is 15.4 Å². The molecule has 2 heterocycles. The van der Waals surface area contributed by atoms with Gasteiger partial charge in [-0.25, -0.2) is 9.97 Å². The summed E-state index contributed by atoms with van der Waals surface area (Å²) in [6.45, 7) is 4.70. The molecule has 1 unspecified atom stereocenters. The molecule has 0 radical (unpaired) electrons. The second-order valence-corrected chi connectivity index (χ2v) is 5.47. The van der Waals surface area contributed by atoms with E-state index in [2.05, 4.69) is 43.5 Å². The Morgan fingerprint density at radius 3 is 2.79 bits per heavy atom. The number of hydrogen-bond acceptors (Lipinski definition) is 5. The molecular formula is C13H21BrN4O. The molecule has 1 aliphatic heterocycles. The van der Waals surface area contributed by atoms with Crippen LogP contribution in [-0.4, -0.2) is 35.8 Å². The van der Waals surface area contributed by atoms with Crippen LogP contribution < -0.4 is 10.6 Å². The zero-order chi connectivity index (χ0) is 13.5. The average Bonchev–Trinajstić information content (AvgIpc) is 2.46. The van der Waals surface area contributed by atoms with Gasteiger partial charge >= 0.3 is 0 Å². The van der Waals surface area contributed by atoms with Crippen LogP contribution in [0.3, 0.4) is 0 Å². The van der Waals surface area contributed by atoms with Crippen LogP contribution >= 0.6 is 15.9 Å². The fourth-order valence-electron chi connectivity index (χ4n) is 2.04. The number of halogens is 1. The first-order valence-corrected chi connectivity index (χ1v) is 7.70. The molecule has 0 saturated carbocycles. The Labute approximate surface area is 122 Å². The van der Waals surface area contributed by atoms with Crippen LogP contribution in [0.5, 0.6) is 0 Å². The standard InChI is InChI=1S/C13H21BrN4O/c1-2-6-15-12-11(14)13(18-9-17-12)16-8-10-5-3-4-7-19-10/h9-10H,2-8H2,1H3,(H2,15,16,17,18). The number of aromatic nitrogens is 2. The predicted molar refractivity (Wildman–Crippen MR) is 80.6 cm³/mol. The third kappa shape index (κ3) is 4.31. The summed E-state index contributed by atoms with van der Waals surface area (Å²) in [6, 6.07) is 0. The second-order valence-electron chi connectivity index (χ2n) is 4.68. The normalized spacial score (nSPS) is 19.2. The number of nitrogens with one attached hydrogen (secondary N) is 2. The van der Waals surface area contributed by atoms with E-state index in [4.69, 9.17) is 4.74 Å². The molecule has 1 aliphatic rings. The van der Waals surface area contributed by atoms with Gasteiger partial charge in [0.15, 0.2) is 0 Å². The highest BCUT2D eigenvalue weighted by Crippen LogP contribution is 2.26. The molecule has 19 heavy (non-hydrogen) atoms. The Bertz CT molecular complexity index is 396. The maximum atomic E-state index is 5.70. The first-order chi connectivity index (χ1) is 9.31. The van der Waals surface area contributed by atoms with Crippen LogP contribution in [0.25, 0.3) is 0 Å². The Morgan fingerprint density at radius 1 is 1.32 bits per heavy atom. The molecule has 1 atom stereocenters. The zero-order valence-corrected chi connectivity index (χ0v) is 12.9. The monoisotopic (exact) mass is 328 g/mol. The van der Waals surface area contributed by atoms with E-state index in [-0.39, 0.29) is 0 Å². The minimum atomic E-state index is 0.294. The van der Waals surface area contributed by atoms with Gasteiger partial charge in [-0.2, -0.15) is 0 Å². The van der Waals surface area contributed by atoms with Gasteiger partial charge in [-0.1, -0.05) is 6.92 Å². The van der Waals surface area contributed by atoms with E-state index in [1.54, 1.807) is 6.33 Å². The van der Waals surface area contributed by atoms with Crippen molar-refractivity contribution in [3.63, 3.8) is 0 Å². The molecule has 0 amide bonds. The zero-order valence-electron chi connectivity index (χ0n) is 11.3. The molecule has 106 valence electrons. The SMILES string of the molecule is CCCNc1ncnc(NCC2CCCCO2)c1Br. The van der Waals surface area contributed by atoms with Gasteiger partial charge in [-0.05, 0) is 41.6 Å². The highest BCUT2D eigenvalue weighted by Gasteiger charge is 2.15. The molecule has 2 N–H and O–H groups in total. The van der Waals surface area contributed by atoms with Crippen molar-refractivity contribution in [2.24, 2.45) is 0 Å². The smallest absolute Gasteiger partial charge is 0.146 e. The molecule has 0 aliphatic carbocycles. The summed E-state index contributed by atoms with van der Waals surface area (Å²) in [5, 5.41) is 6.61. The molecule has 2 rings (SSSR count). The van der Waals surface area contributed by atoms with E-state index in [0.717, 1.165) is 48.6 Å². The lowest BCUT2D eigenvalue weighted by atomic mass is 10.1. The molecule has 1 aromatic rings. The van der Waals surface area contributed by atoms with Gasteiger partial charge in [0.2, 0.25) is 0 Å². The van der Waals surface area contributed by atoms with Gasteiger partial charge in [0.05, 0.1) is 6.10 Å². The minimum absolute atomic E-state index is 0.294. The van der Waals surface area contributed by atoms with Crippen LogP contribution in [0.2, 0.25) is 0 Å². The highest BCUT2D eigenvalue weighted by atomic mass is 79.9. The van der Waals surface area contributed by atoms with Crippen LogP contribution in [-0.2, 0) is 4.74 Å². The van der Waals surface area contributed by atoms with Crippen LogP contribution in [0.4, 0.5) is 11.6 Å². The van der Waals surface area contributed by atoms with Crippen molar-refractivity contribution in [2.45, 2.75) is 38.7 Å². The molecule has 5 nitrogen and oxygen atoms in total. The fourth-order valence-corrected chi connectivity index (χ4v) is 2.52. The fraction of sp³-hybridized carbons (Fsp3) is 0.692. The van der Waals surface area contributed by atoms with Crippen LogP contribution in [0, 0.1) is 0 Å². The summed E-state index contributed by atoms with van der Waals surface area (Å²) >= 11 is 3.55. The topological polar surface area (TPSA) is 59.1 Å². The first kappa shape index (κ1) is 14.5. The Morgan fingerprint density at radius 2 is 2.11 bits per heavy atom. The van der Waals surface area contributed by atoms with Crippen LogP contribution in [0.15, 0.2) is 10.8 Å². The predicted octanol–water partition coefficient (Wildman–Crippen LogP) is 3.04. The van der Waals surface area contributed by atoms with Gasteiger partial charge in [0.1, 0.15) is 22.4 Å².